The van der Waals surface area contributed by atoms with E-state index in [1.54, 1.807) is 0 Å². The molecule has 4 nitrogen and oxygen atoms in total. The number of amides is 1. The van der Waals surface area contributed by atoms with Gasteiger partial charge in [-0.05, 0) is 37.4 Å². The van der Waals surface area contributed by atoms with Gasteiger partial charge in [0.05, 0.1) is 6.04 Å². The average Bonchev–Trinajstić information content (AvgIpc) is 2.42. The quantitative estimate of drug-likeness (QED) is 0.859. The van der Waals surface area contributed by atoms with E-state index < -0.39 is 0 Å². The van der Waals surface area contributed by atoms with Crippen LogP contribution >= 0.6 is 0 Å². The maximum absolute atomic E-state index is 11.6. The van der Waals surface area contributed by atoms with Crippen molar-refractivity contribution in [3.8, 4) is 0 Å². The van der Waals surface area contributed by atoms with E-state index in [1.807, 2.05) is 12.1 Å². The third-order valence-corrected chi connectivity index (χ3v) is 4.04. The summed E-state index contributed by atoms with van der Waals surface area (Å²) >= 11 is 0. The number of hydrogen-bond donors (Lipinski definition) is 2. The summed E-state index contributed by atoms with van der Waals surface area (Å²) in [4.78, 5) is 13.8. The van der Waals surface area contributed by atoms with Gasteiger partial charge in [0.25, 0.3) is 0 Å². The Morgan fingerprint density at radius 2 is 2.16 bits per heavy atom. The molecule has 1 saturated heterocycles. The van der Waals surface area contributed by atoms with E-state index in [4.69, 9.17) is 11.5 Å². The van der Waals surface area contributed by atoms with E-state index in [0.717, 1.165) is 25.8 Å². The number of primary amides is 1. The van der Waals surface area contributed by atoms with Crippen molar-refractivity contribution in [1.82, 2.24) is 4.90 Å². The summed E-state index contributed by atoms with van der Waals surface area (Å²) in [5, 5.41) is 0. The normalized spacial score (nSPS) is 22.1. The molecule has 0 aliphatic carbocycles. The first-order valence-electron chi connectivity index (χ1n) is 6.95. The molecular weight excluding hydrogens is 238 g/mol. The predicted octanol–water partition coefficient (Wildman–Crippen LogP) is 1.33. The van der Waals surface area contributed by atoms with E-state index in [0.29, 0.717) is 6.54 Å². The van der Waals surface area contributed by atoms with Crippen LogP contribution in [0.15, 0.2) is 24.3 Å². The van der Waals surface area contributed by atoms with Crippen LogP contribution in [0.5, 0.6) is 0 Å². The molecule has 1 aromatic carbocycles. The van der Waals surface area contributed by atoms with Crippen LogP contribution in [0.3, 0.4) is 0 Å². The third-order valence-electron chi connectivity index (χ3n) is 4.04. The fourth-order valence-electron chi connectivity index (χ4n) is 3.03. The lowest BCUT2D eigenvalue weighted by molar-refractivity contribution is -0.125. The van der Waals surface area contributed by atoms with Gasteiger partial charge < -0.3 is 11.5 Å². The van der Waals surface area contributed by atoms with Crippen molar-refractivity contribution in [2.75, 3.05) is 13.1 Å². The lowest BCUT2D eigenvalue weighted by Crippen LogP contribution is -2.50. The number of piperidine rings is 1. The van der Waals surface area contributed by atoms with Gasteiger partial charge in [-0.25, -0.2) is 0 Å². The van der Waals surface area contributed by atoms with E-state index in [-0.39, 0.29) is 18.0 Å². The summed E-state index contributed by atoms with van der Waals surface area (Å²) in [6.45, 7) is 3.49. The fourth-order valence-corrected chi connectivity index (χ4v) is 3.03. The first-order chi connectivity index (χ1) is 9.15. The smallest absolute Gasteiger partial charge is 0.234 e. The number of rotatable bonds is 4. The van der Waals surface area contributed by atoms with Crippen LogP contribution < -0.4 is 11.5 Å². The zero-order valence-electron chi connectivity index (χ0n) is 11.5. The lowest BCUT2D eigenvalue weighted by atomic mass is 9.94. The largest absolute Gasteiger partial charge is 0.368 e. The van der Waals surface area contributed by atoms with Crippen molar-refractivity contribution in [2.24, 2.45) is 11.5 Å². The first-order valence-corrected chi connectivity index (χ1v) is 6.95. The molecule has 1 aliphatic rings. The van der Waals surface area contributed by atoms with Crippen molar-refractivity contribution in [1.29, 1.82) is 0 Å². The number of carbonyl (C=O) groups excluding carboxylic acids is 1. The van der Waals surface area contributed by atoms with Gasteiger partial charge in [0.2, 0.25) is 5.91 Å². The van der Waals surface area contributed by atoms with Gasteiger partial charge in [0.1, 0.15) is 0 Å². The van der Waals surface area contributed by atoms with E-state index >= 15 is 0 Å². The molecular formula is C15H23N3O. The fraction of sp³-hybridized carbons (Fsp3) is 0.533. The zero-order chi connectivity index (χ0) is 13.8. The Kier molecular flexibility index (Phi) is 4.56. The van der Waals surface area contributed by atoms with Crippen molar-refractivity contribution in [2.45, 2.75) is 38.3 Å². The van der Waals surface area contributed by atoms with Crippen LogP contribution in [0.2, 0.25) is 0 Å². The van der Waals surface area contributed by atoms with Crippen LogP contribution in [0.25, 0.3) is 0 Å². The molecule has 1 heterocycles. The second kappa shape index (κ2) is 6.17. The monoisotopic (exact) mass is 261 g/mol. The molecule has 4 N–H and O–H groups in total. The Morgan fingerprint density at radius 3 is 2.79 bits per heavy atom. The molecule has 2 unspecified atom stereocenters. The molecule has 0 spiro atoms. The number of nitrogens with two attached hydrogens (primary N) is 2. The Bertz CT molecular complexity index is 447. The molecule has 1 amide bonds. The molecule has 1 aliphatic heterocycles. The van der Waals surface area contributed by atoms with Gasteiger partial charge in [-0.3, -0.25) is 9.69 Å². The second-order valence-electron chi connectivity index (χ2n) is 5.26. The third kappa shape index (κ3) is 2.96. The standard InChI is InChI=1S/C15H23N3O/c1-11-6-2-3-7-12(11)14(10-16)18-9-5-4-8-13(18)15(17)19/h2-3,6-7,13-14H,4-5,8-10,16H2,1H3,(H2,17,19). The Hall–Kier alpha value is -1.39. The minimum absolute atomic E-state index is 0.0824. The minimum Gasteiger partial charge on any atom is -0.368 e. The Morgan fingerprint density at radius 1 is 1.42 bits per heavy atom. The maximum atomic E-state index is 11.6. The van der Waals surface area contributed by atoms with Gasteiger partial charge in [-0.15, -0.1) is 0 Å². The van der Waals surface area contributed by atoms with E-state index in [2.05, 4.69) is 24.0 Å². The topological polar surface area (TPSA) is 72.3 Å². The minimum atomic E-state index is -0.230. The lowest BCUT2D eigenvalue weighted by Gasteiger charge is -2.39. The van der Waals surface area contributed by atoms with Crippen LogP contribution in [0.1, 0.15) is 36.4 Å². The first kappa shape index (κ1) is 14.0. The van der Waals surface area contributed by atoms with E-state index in [1.165, 1.54) is 11.1 Å². The molecule has 104 valence electrons. The highest BCUT2D eigenvalue weighted by molar-refractivity contribution is 5.80. The summed E-state index contributed by atoms with van der Waals surface area (Å²) in [7, 11) is 0. The highest BCUT2D eigenvalue weighted by atomic mass is 16.1. The molecule has 0 saturated carbocycles. The summed E-state index contributed by atoms with van der Waals surface area (Å²) in [5.74, 6) is -0.230. The van der Waals surface area contributed by atoms with Gasteiger partial charge in [-0.1, -0.05) is 30.7 Å². The molecule has 0 bridgehead atoms. The van der Waals surface area contributed by atoms with Gasteiger partial charge in [-0.2, -0.15) is 0 Å². The molecule has 2 rings (SSSR count). The van der Waals surface area contributed by atoms with Crippen molar-refractivity contribution < 1.29 is 4.79 Å². The van der Waals surface area contributed by atoms with Crippen LogP contribution in [-0.2, 0) is 4.79 Å². The van der Waals surface area contributed by atoms with Gasteiger partial charge in [0.15, 0.2) is 0 Å². The highest BCUT2D eigenvalue weighted by Crippen LogP contribution is 2.29. The number of carbonyl (C=O) groups is 1. The Balaban J connectivity index is 2.30. The summed E-state index contributed by atoms with van der Waals surface area (Å²) in [6.07, 6.45) is 3.01. The Labute approximate surface area is 114 Å². The average molecular weight is 261 g/mol. The van der Waals surface area contributed by atoms with Gasteiger partial charge >= 0.3 is 0 Å². The molecule has 1 fully saturated rings. The molecule has 1 aromatic rings. The van der Waals surface area contributed by atoms with E-state index in [9.17, 15) is 4.79 Å². The summed E-state index contributed by atoms with van der Waals surface area (Å²) in [6, 6.07) is 8.13. The summed E-state index contributed by atoms with van der Waals surface area (Å²) in [5.41, 5.74) is 13.9. The summed E-state index contributed by atoms with van der Waals surface area (Å²) < 4.78 is 0. The molecule has 4 heteroatoms. The highest BCUT2D eigenvalue weighted by Gasteiger charge is 2.32. The molecule has 0 aromatic heterocycles. The van der Waals surface area contributed by atoms with Gasteiger partial charge in [0, 0.05) is 12.6 Å². The van der Waals surface area contributed by atoms with Crippen LogP contribution in [0, 0.1) is 6.92 Å². The molecule has 2 atom stereocenters. The van der Waals surface area contributed by atoms with Crippen LogP contribution in [-0.4, -0.2) is 29.9 Å². The SMILES string of the molecule is Cc1ccccc1C(CN)N1CCCCC1C(N)=O. The van der Waals surface area contributed by atoms with Crippen molar-refractivity contribution >= 4 is 5.91 Å². The number of hydrogen-bond acceptors (Lipinski definition) is 3. The molecule has 19 heavy (non-hydrogen) atoms. The molecule has 0 radical (unpaired) electrons. The van der Waals surface area contributed by atoms with Crippen molar-refractivity contribution in [3.63, 3.8) is 0 Å². The van der Waals surface area contributed by atoms with Crippen LogP contribution in [0.4, 0.5) is 0 Å². The van der Waals surface area contributed by atoms with Crippen molar-refractivity contribution in [3.05, 3.63) is 35.4 Å². The number of benzene rings is 1. The maximum Gasteiger partial charge on any atom is 0.234 e. The predicted molar refractivity (Wildman–Crippen MR) is 76.5 cm³/mol. The number of aryl methyl sites for hydroxylation is 1. The zero-order valence-corrected chi connectivity index (χ0v) is 11.5. The number of likely N-dealkylation sites (tertiary alicyclic amines) is 1. The number of nitrogens with zero attached hydrogens (tertiary/aromatic N) is 1. The second-order valence-corrected chi connectivity index (χ2v) is 5.26.